The molecule has 104 valence electrons. The van der Waals surface area contributed by atoms with Crippen molar-refractivity contribution in [3.05, 3.63) is 0 Å². The van der Waals surface area contributed by atoms with E-state index in [0.717, 1.165) is 32.4 Å². The Hall–Kier alpha value is -0.570. The summed E-state index contributed by atoms with van der Waals surface area (Å²) in [6, 6.07) is 0.636. The Balaban J connectivity index is 1.95. The van der Waals surface area contributed by atoms with Crippen LogP contribution in [0.3, 0.4) is 0 Å². The van der Waals surface area contributed by atoms with Crippen molar-refractivity contribution < 1.29 is 4.79 Å². The van der Waals surface area contributed by atoms with Crippen LogP contribution in [0.1, 0.15) is 58.8 Å². The van der Waals surface area contributed by atoms with Gasteiger partial charge in [0.1, 0.15) is 0 Å². The van der Waals surface area contributed by atoms with Crippen molar-refractivity contribution in [3.8, 4) is 0 Å². The number of hydrogen-bond acceptors (Lipinski definition) is 2. The zero-order valence-corrected chi connectivity index (χ0v) is 12.0. The predicted octanol–water partition coefficient (Wildman–Crippen LogP) is 2.56. The summed E-state index contributed by atoms with van der Waals surface area (Å²) in [7, 11) is 0. The lowest BCUT2D eigenvalue weighted by molar-refractivity contribution is -0.135. The molecule has 2 fully saturated rings. The van der Waals surface area contributed by atoms with Gasteiger partial charge in [-0.3, -0.25) is 4.79 Å². The molecule has 0 aromatic rings. The molecule has 1 N–H and O–H groups in total. The largest absolute Gasteiger partial charge is 0.338 e. The number of carbonyl (C=O) groups excluding carboxylic acids is 1. The molecule has 18 heavy (non-hydrogen) atoms. The van der Waals surface area contributed by atoms with Crippen LogP contribution in [0.15, 0.2) is 0 Å². The van der Waals surface area contributed by atoms with Crippen LogP contribution >= 0.6 is 0 Å². The number of nitrogens with one attached hydrogen (secondary N) is 1. The lowest BCUT2D eigenvalue weighted by Crippen LogP contribution is -2.48. The zero-order valence-electron chi connectivity index (χ0n) is 12.0. The lowest BCUT2D eigenvalue weighted by atomic mass is 10.1. The molecule has 3 nitrogen and oxygen atoms in total. The van der Waals surface area contributed by atoms with Crippen LogP contribution in [-0.2, 0) is 4.79 Å². The molecule has 1 aliphatic carbocycles. The minimum atomic E-state index is 0.109. The average Bonchev–Trinajstić information content (AvgIpc) is 3.01. The topological polar surface area (TPSA) is 32.3 Å². The van der Waals surface area contributed by atoms with Crippen molar-refractivity contribution in [2.75, 3.05) is 13.1 Å². The molecule has 0 radical (unpaired) electrons. The predicted molar refractivity (Wildman–Crippen MR) is 74.4 cm³/mol. The maximum Gasteiger partial charge on any atom is 0.239 e. The van der Waals surface area contributed by atoms with E-state index in [9.17, 15) is 4.79 Å². The van der Waals surface area contributed by atoms with Gasteiger partial charge < -0.3 is 10.2 Å². The SMILES string of the molecule is CC(C)CCN(C(=O)[C@@H]1CCCN1)C1CCCC1. The van der Waals surface area contributed by atoms with Gasteiger partial charge in [0, 0.05) is 12.6 Å². The van der Waals surface area contributed by atoms with Crippen LogP contribution in [-0.4, -0.2) is 36.0 Å². The van der Waals surface area contributed by atoms with Gasteiger partial charge in [0.05, 0.1) is 6.04 Å². The molecule has 0 unspecified atom stereocenters. The standard InChI is InChI=1S/C15H28N2O/c1-12(2)9-11-17(13-6-3-4-7-13)15(18)14-8-5-10-16-14/h12-14,16H,3-11H2,1-2H3/t14-/m0/s1. The van der Waals surface area contributed by atoms with Crippen molar-refractivity contribution in [3.63, 3.8) is 0 Å². The van der Waals surface area contributed by atoms with Gasteiger partial charge in [-0.15, -0.1) is 0 Å². The van der Waals surface area contributed by atoms with Crippen LogP contribution in [0.4, 0.5) is 0 Å². The molecule has 1 amide bonds. The van der Waals surface area contributed by atoms with E-state index in [-0.39, 0.29) is 6.04 Å². The van der Waals surface area contributed by atoms with Crippen molar-refractivity contribution in [2.45, 2.75) is 70.9 Å². The summed E-state index contributed by atoms with van der Waals surface area (Å²) in [5.74, 6) is 1.05. The molecule has 1 saturated heterocycles. The first-order chi connectivity index (χ1) is 8.68. The fourth-order valence-electron chi connectivity index (χ4n) is 3.18. The monoisotopic (exact) mass is 252 g/mol. The van der Waals surface area contributed by atoms with Crippen LogP contribution in [0.5, 0.6) is 0 Å². The van der Waals surface area contributed by atoms with Gasteiger partial charge in [0.2, 0.25) is 5.91 Å². The summed E-state index contributed by atoms with van der Waals surface area (Å²) in [6.45, 7) is 6.45. The molecule has 1 aliphatic heterocycles. The Morgan fingerprint density at radius 3 is 2.50 bits per heavy atom. The fraction of sp³-hybridized carbons (Fsp3) is 0.933. The van der Waals surface area contributed by atoms with Gasteiger partial charge in [-0.2, -0.15) is 0 Å². The highest BCUT2D eigenvalue weighted by atomic mass is 16.2. The highest BCUT2D eigenvalue weighted by Gasteiger charge is 2.32. The van der Waals surface area contributed by atoms with E-state index in [1.807, 2.05) is 0 Å². The molecule has 0 aromatic carbocycles. The highest BCUT2D eigenvalue weighted by Crippen LogP contribution is 2.25. The molecule has 0 bridgehead atoms. The third kappa shape index (κ3) is 3.47. The Labute approximate surface area is 111 Å². The summed E-state index contributed by atoms with van der Waals surface area (Å²) in [5, 5.41) is 3.36. The Kier molecular flexibility index (Phi) is 5.04. The number of nitrogens with zero attached hydrogens (tertiary/aromatic N) is 1. The summed E-state index contributed by atoms with van der Waals surface area (Å²) < 4.78 is 0. The second kappa shape index (κ2) is 6.55. The van der Waals surface area contributed by atoms with E-state index < -0.39 is 0 Å². The van der Waals surface area contributed by atoms with E-state index in [4.69, 9.17) is 0 Å². The van der Waals surface area contributed by atoms with Crippen molar-refractivity contribution in [1.82, 2.24) is 10.2 Å². The second-order valence-corrected chi connectivity index (χ2v) is 6.30. The van der Waals surface area contributed by atoms with Crippen LogP contribution in [0, 0.1) is 5.92 Å². The first-order valence-electron chi connectivity index (χ1n) is 7.72. The third-order valence-corrected chi connectivity index (χ3v) is 4.35. The molecule has 0 spiro atoms. The van der Waals surface area contributed by atoms with Gasteiger partial charge >= 0.3 is 0 Å². The summed E-state index contributed by atoms with van der Waals surface area (Å²) >= 11 is 0. The second-order valence-electron chi connectivity index (χ2n) is 6.30. The minimum absolute atomic E-state index is 0.109. The maximum absolute atomic E-state index is 12.6. The van der Waals surface area contributed by atoms with Gasteiger partial charge in [-0.1, -0.05) is 26.7 Å². The number of carbonyl (C=O) groups is 1. The molecule has 3 heteroatoms. The van der Waals surface area contributed by atoms with Gasteiger partial charge in [0.25, 0.3) is 0 Å². The van der Waals surface area contributed by atoms with Crippen LogP contribution < -0.4 is 5.32 Å². The summed E-state index contributed by atoms with van der Waals surface area (Å²) in [6.07, 6.45) is 8.35. The third-order valence-electron chi connectivity index (χ3n) is 4.35. The van der Waals surface area contributed by atoms with Crippen molar-refractivity contribution in [1.29, 1.82) is 0 Å². The number of hydrogen-bond donors (Lipinski definition) is 1. The Morgan fingerprint density at radius 1 is 1.22 bits per heavy atom. The van der Waals surface area contributed by atoms with E-state index in [1.165, 1.54) is 25.7 Å². The summed E-state index contributed by atoms with van der Waals surface area (Å²) in [5.41, 5.74) is 0. The summed E-state index contributed by atoms with van der Waals surface area (Å²) in [4.78, 5) is 14.8. The fourth-order valence-corrected chi connectivity index (χ4v) is 3.18. The van der Waals surface area contributed by atoms with E-state index in [2.05, 4.69) is 24.1 Å². The Morgan fingerprint density at radius 2 is 1.94 bits per heavy atom. The van der Waals surface area contributed by atoms with E-state index in [1.54, 1.807) is 0 Å². The van der Waals surface area contributed by atoms with Crippen LogP contribution in [0.2, 0.25) is 0 Å². The average molecular weight is 252 g/mol. The molecule has 0 aromatic heterocycles. The first kappa shape index (κ1) is 13.9. The Bertz CT molecular complexity index is 266. The number of amides is 1. The highest BCUT2D eigenvalue weighted by molar-refractivity contribution is 5.82. The van der Waals surface area contributed by atoms with Crippen LogP contribution in [0.25, 0.3) is 0 Å². The van der Waals surface area contributed by atoms with Gasteiger partial charge in [-0.05, 0) is 44.6 Å². The molecule has 1 atom stereocenters. The molecule has 1 saturated carbocycles. The zero-order chi connectivity index (χ0) is 13.0. The van der Waals surface area contributed by atoms with Crippen molar-refractivity contribution >= 4 is 5.91 Å². The normalized spacial score (nSPS) is 24.9. The molecule has 1 heterocycles. The maximum atomic E-state index is 12.6. The van der Waals surface area contributed by atoms with Crippen molar-refractivity contribution in [2.24, 2.45) is 5.92 Å². The van der Waals surface area contributed by atoms with E-state index in [0.29, 0.717) is 17.9 Å². The molecule has 2 rings (SSSR count). The number of rotatable bonds is 5. The molecular formula is C15H28N2O. The van der Waals surface area contributed by atoms with Gasteiger partial charge in [0.15, 0.2) is 0 Å². The van der Waals surface area contributed by atoms with Gasteiger partial charge in [-0.25, -0.2) is 0 Å². The molecule has 2 aliphatic rings. The lowest BCUT2D eigenvalue weighted by Gasteiger charge is -2.32. The van der Waals surface area contributed by atoms with E-state index >= 15 is 0 Å². The molecular weight excluding hydrogens is 224 g/mol. The first-order valence-corrected chi connectivity index (χ1v) is 7.72. The minimum Gasteiger partial charge on any atom is -0.338 e. The quantitative estimate of drug-likeness (QED) is 0.815. The smallest absolute Gasteiger partial charge is 0.239 e.